The number of anilines is 2. The molecule has 0 atom stereocenters. The molecule has 72 valence electrons. The molecule has 0 spiro atoms. The second-order valence-electron chi connectivity index (χ2n) is 2.63. The molecular weight excluding hydrogens is 178 g/mol. The lowest BCUT2D eigenvalue weighted by Gasteiger charge is -2.05. The number of nitrogens with one attached hydrogen (secondary N) is 2. The summed E-state index contributed by atoms with van der Waals surface area (Å²) in [6.07, 6.45) is 5.09. The third kappa shape index (κ3) is 3.07. The Labute approximate surface area is 82.5 Å². The zero-order valence-electron chi connectivity index (χ0n) is 7.58. The van der Waals surface area contributed by atoms with Gasteiger partial charge in [0, 0.05) is 11.4 Å². The average molecular weight is 189 g/mol. The SMILES string of the molecule is C#CCNc1cccc(NC(N)=O)c1. The van der Waals surface area contributed by atoms with Gasteiger partial charge in [-0.2, -0.15) is 0 Å². The summed E-state index contributed by atoms with van der Waals surface area (Å²) < 4.78 is 0. The summed E-state index contributed by atoms with van der Waals surface area (Å²) in [6.45, 7) is 0.444. The summed E-state index contributed by atoms with van der Waals surface area (Å²) in [4.78, 5) is 10.6. The highest BCUT2D eigenvalue weighted by molar-refractivity contribution is 5.88. The molecule has 4 heteroatoms. The number of urea groups is 1. The van der Waals surface area contributed by atoms with Crippen molar-refractivity contribution in [2.75, 3.05) is 17.2 Å². The van der Waals surface area contributed by atoms with Crippen LogP contribution in [0.3, 0.4) is 0 Å². The second-order valence-corrected chi connectivity index (χ2v) is 2.63. The number of benzene rings is 1. The van der Waals surface area contributed by atoms with Crippen LogP contribution < -0.4 is 16.4 Å². The molecule has 0 radical (unpaired) electrons. The number of carbonyl (C=O) groups is 1. The van der Waals surface area contributed by atoms with Crippen LogP contribution in [0.4, 0.5) is 16.2 Å². The molecule has 2 amide bonds. The van der Waals surface area contributed by atoms with Crippen molar-refractivity contribution < 1.29 is 4.79 Å². The summed E-state index contributed by atoms with van der Waals surface area (Å²) in [5.74, 6) is 2.45. The van der Waals surface area contributed by atoms with E-state index < -0.39 is 6.03 Å². The van der Waals surface area contributed by atoms with Gasteiger partial charge in [-0.25, -0.2) is 4.79 Å². The van der Waals surface area contributed by atoms with Crippen LogP contribution in [-0.4, -0.2) is 12.6 Å². The fourth-order valence-electron chi connectivity index (χ4n) is 1.00. The van der Waals surface area contributed by atoms with Crippen molar-refractivity contribution in [3.05, 3.63) is 24.3 Å². The van der Waals surface area contributed by atoms with Gasteiger partial charge >= 0.3 is 6.03 Å². The number of rotatable bonds is 3. The number of terminal acetylenes is 1. The fraction of sp³-hybridized carbons (Fsp3) is 0.100. The molecule has 0 unspecified atom stereocenters. The van der Waals surface area contributed by atoms with E-state index in [9.17, 15) is 4.79 Å². The molecule has 1 aromatic rings. The van der Waals surface area contributed by atoms with E-state index in [1.54, 1.807) is 18.2 Å². The largest absolute Gasteiger partial charge is 0.374 e. The smallest absolute Gasteiger partial charge is 0.316 e. The lowest BCUT2D eigenvalue weighted by molar-refractivity contribution is 0.259. The molecule has 0 heterocycles. The highest BCUT2D eigenvalue weighted by Gasteiger charge is 1.96. The first-order chi connectivity index (χ1) is 6.72. The lowest BCUT2D eigenvalue weighted by Crippen LogP contribution is -2.19. The maximum Gasteiger partial charge on any atom is 0.316 e. The lowest BCUT2D eigenvalue weighted by atomic mass is 10.3. The Kier molecular flexibility index (Phi) is 3.39. The van der Waals surface area contributed by atoms with E-state index in [1.807, 2.05) is 6.07 Å². The summed E-state index contributed by atoms with van der Waals surface area (Å²) in [7, 11) is 0. The van der Waals surface area contributed by atoms with Crippen LogP contribution in [0.5, 0.6) is 0 Å². The molecule has 0 bridgehead atoms. The Hall–Kier alpha value is -2.15. The molecule has 0 aliphatic rings. The third-order valence-electron chi connectivity index (χ3n) is 1.52. The van der Waals surface area contributed by atoms with Crippen LogP contribution in [0.25, 0.3) is 0 Å². The molecule has 4 nitrogen and oxygen atoms in total. The van der Waals surface area contributed by atoms with Gasteiger partial charge in [0.2, 0.25) is 0 Å². The van der Waals surface area contributed by atoms with Gasteiger partial charge in [-0.3, -0.25) is 0 Å². The van der Waals surface area contributed by atoms with E-state index in [2.05, 4.69) is 16.6 Å². The van der Waals surface area contributed by atoms with Crippen molar-refractivity contribution in [2.45, 2.75) is 0 Å². The first-order valence-corrected chi connectivity index (χ1v) is 4.06. The Bertz CT molecular complexity index is 368. The van der Waals surface area contributed by atoms with Crippen LogP contribution in [0.15, 0.2) is 24.3 Å². The third-order valence-corrected chi connectivity index (χ3v) is 1.52. The minimum Gasteiger partial charge on any atom is -0.374 e. The van der Waals surface area contributed by atoms with Gasteiger partial charge in [-0.15, -0.1) is 6.42 Å². The molecule has 0 aliphatic carbocycles. The highest BCUT2D eigenvalue weighted by atomic mass is 16.2. The molecule has 0 saturated carbocycles. The van der Waals surface area contributed by atoms with Crippen molar-refractivity contribution in [2.24, 2.45) is 5.73 Å². The number of amides is 2. The summed E-state index contributed by atoms with van der Waals surface area (Å²) in [5.41, 5.74) is 6.45. The zero-order chi connectivity index (χ0) is 10.4. The van der Waals surface area contributed by atoms with Crippen LogP contribution >= 0.6 is 0 Å². The molecule has 1 rings (SSSR count). The van der Waals surface area contributed by atoms with Crippen molar-refractivity contribution >= 4 is 17.4 Å². The first-order valence-electron chi connectivity index (χ1n) is 4.06. The topological polar surface area (TPSA) is 67.2 Å². The Morgan fingerprint density at radius 2 is 2.21 bits per heavy atom. The zero-order valence-corrected chi connectivity index (χ0v) is 7.58. The Morgan fingerprint density at radius 1 is 1.50 bits per heavy atom. The molecule has 0 fully saturated rings. The summed E-state index contributed by atoms with van der Waals surface area (Å²) in [6, 6.07) is 6.56. The van der Waals surface area contributed by atoms with Crippen molar-refractivity contribution in [1.82, 2.24) is 0 Å². The molecule has 14 heavy (non-hydrogen) atoms. The van der Waals surface area contributed by atoms with Gasteiger partial charge in [0.25, 0.3) is 0 Å². The number of nitrogens with two attached hydrogens (primary N) is 1. The van der Waals surface area contributed by atoms with Gasteiger partial charge in [0.05, 0.1) is 6.54 Å². The number of carbonyl (C=O) groups excluding carboxylic acids is 1. The maximum absolute atomic E-state index is 10.6. The van der Waals surface area contributed by atoms with Gasteiger partial charge < -0.3 is 16.4 Å². The Balaban J connectivity index is 2.69. The van der Waals surface area contributed by atoms with Crippen LogP contribution in [0.1, 0.15) is 0 Å². The van der Waals surface area contributed by atoms with E-state index >= 15 is 0 Å². The molecule has 1 aromatic carbocycles. The van der Waals surface area contributed by atoms with Crippen LogP contribution in [0, 0.1) is 12.3 Å². The number of hydrogen-bond acceptors (Lipinski definition) is 2. The minimum absolute atomic E-state index is 0.444. The van der Waals surface area contributed by atoms with Crippen LogP contribution in [0.2, 0.25) is 0 Å². The van der Waals surface area contributed by atoms with Crippen molar-refractivity contribution in [3.63, 3.8) is 0 Å². The van der Waals surface area contributed by atoms with Gasteiger partial charge in [0.15, 0.2) is 0 Å². The summed E-state index contributed by atoms with van der Waals surface area (Å²) >= 11 is 0. The first kappa shape index (κ1) is 9.93. The average Bonchev–Trinajstić information content (AvgIpc) is 2.14. The number of hydrogen-bond donors (Lipinski definition) is 3. The van der Waals surface area contributed by atoms with Gasteiger partial charge in [0.1, 0.15) is 0 Å². The fourth-order valence-corrected chi connectivity index (χ4v) is 1.00. The predicted octanol–water partition coefficient (Wildman–Crippen LogP) is 1.22. The maximum atomic E-state index is 10.6. The minimum atomic E-state index is -0.584. The molecule has 0 saturated heterocycles. The molecule has 4 N–H and O–H groups in total. The highest BCUT2D eigenvalue weighted by Crippen LogP contribution is 2.14. The standard InChI is InChI=1S/C10H11N3O/c1-2-6-12-8-4-3-5-9(7-8)13-10(11)14/h1,3-5,7,12H,6H2,(H3,11,13,14). The Morgan fingerprint density at radius 3 is 2.86 bits per heavy atom. The van der Waals surface area contributed by atoms with Crippen molar-refractivity contribution in [1.29, 1.82) is 0 Å². The van der Waals surface area contributed by atoms with Crippen LogP contribution in [-0.2, 0) is 0 Å². The molecule has 0 aromatic heterocycles. The van der Waals surface area contributed by atoms with Gasteiger partial charge in [-0.05, 0) is 18.2 Å². The molecule has 0 aliphatic heterocycles. The van der Waals surface area contributed by atoms with E-state index in [0.717, 1.165) is 5.69 Å². The predicted molar refractivity (Wildman–Crippen MR) is 57.0 cm³/mol. The monoisotopic (exact) mass is 189 g/mol. The normalized spacial score (nSPS) is 8.79. The van der Waals surface area contributed by atoms with E-state index in [0.29, 0.717) is 12.2 Å². The second kappa shape index (κ2) is 4.77. The van der Waals surface area contributed by atoms with E-state index in [4.69, 9.17) is 12.2 Å². The van der Waals surface area contributed by atoms with Gasteiger partial charge in [-0.1, -0.05) is 12.0 Å². The van der Waals surface area contributed by atoms with Crippen molar-refractivity contribution in [3.8, 4) is 12.3 Å². The molecular formula is C10H11N3O. The van der Waals surface area contributed by atoms with E-state index in [-0.39, 0.29) is 0 Å². The quantitative estimate of drug-likeness (QED) is 0.626. The number of primary amides is 1. The summed E-state index contributed by atoms with van der Waals surface area (Å²) in [5, 5.41) is 5.45. The van der Waals surface area contributed by atoms with E-state index in [1.165, 1.54) is 0 Å².